The molecule has 0 saturated carbocycles. The van der Waals surface area contributed by atoms with E-state index in [-0.39, 0.29) is 25.5 Å². The number of aromatic nitrogens is 4. The fourth-order valence-corrected chi connectivity index (χ4v) is 1.39. The number of benzene rings is 1. The molecule has 1 amide bonds. The number of carbonyl (C=O) groups excluding carboxylic acids is 1. The summed E-state index contributed by atoms with van der Waals surface area (Å²) in [6.45, 7) is 0.523. The number of anilines is 1. The number of amides is 1. The second kappa shape index (κ2) is 6.34. The van der Waals surface area contributed by atoms with Crippen LogP contribution in [0.3, 0.4) is 0 Å². The van der Waals surface area contributed by atoms with Gasteiger partial charge < -0.3 is 15.8 Å². The average Bonchev–Trinajstić information content (AvgIpc) is 2.89. The van der Waals surface area contributed by atoms with E-state index in [9.17, 15) is 4.79 Å². The average molecular weight is 262 g/mol. The van der Waals surface area contributed by atoms with Crippen LogP contribution >= 0.6 is 0 Å². The zero-order valence-electron chi connectivity index (χ0n) is 10.2. The molecule has 0 spiro atoms. The minimum absolute atomic E-state index is 0.145. The lowest BCUT2D eigenvalue weighted by atomic mass is 10.3. The molecule has 100 valence electrons. The van der Waals surface area contributed by atoms with E-state index in [1.54, 1.807) is 24.3 Å². The molecule has 4 N–H and O–H groups in total. The van der Waals surface area contributed by atoms with Crippen molar-refractivity contribution in [2.24, 2.45) is 0 Å². The summed E-state index contributed by atoms with van der Waals surface area (Å²) in [5.74, 6) is 0.935. The number of tetrazole rings is 1. The topological polar surface area (TPSA) is 119 Å². The van der Waals surface area contributed by atoms with Gasteiger partial charge in [-0.1, -0.05) is 11.3 Å². The summed E-state index contributed by atoms with van der Waals surface area (Å²) in [5, 5.41) is 15.8. The SMILES string of the molecule is Nc1cccc(OCCC(=O)NCc2nn[nH]n2)c1. The van der Waals surface area contributed by atoms with E-state index >= 15 is 0 Å². The molecular formula is C11H14N6O2. The van der Waals surface area contributed by atoms with Crippen LogP contribution < -0.4 is 15.8 Å². The molecule has 0 atom stereocenters. The number of nitrogens with one attached hydrogen (secondary N) is 2. The van der Waals surface area contributed by atoms with Crippen molar-refractivity contribution in [1.82, 2.24) is 25.9 Å². The maximum absolute atomic E-state index is 11.5. The van der Waals surface area contributed by atoms with Crippen molar-refractivity contribution in [1.29, 1.82) is 0 Å². The summed E-state index contributed by atoms with van der Waals surface area (Å²) in [6, 6.07) is 7.05. The number of hydrogen-bond donors (Lipinski definition) is 3. The molecule has 8 heteroatoms. The number of carbonyl (C=O) groups is 1. The highest BCUT2D eigenvalue weighted by Gasteiger charge is 2.04. The molecule has 0 unspecified atom stereocenters. The molecule has 8 nitrogen and oxygen atoms in total. The molecule has 0 fully saturated rings. The Morgan fingerprint density at radius 2 is 2.37 bits per heavy atom. The van der Waals surface area contributed by atoms with Gasteiger partial charge in [-0.15, -0.1) is 10.2 Å². The zero-order chi connectivity index (χ0) is 13.5. The van der Waals surface area contributed by atoms with Gasteiger partial charge in [0.15, 0.2) is 5.82 Å². The second-order valence-electron chi connectivity index (χ2n) is 3.78. The normalized spacial score (nSPS) is 10.1. The highest BCUT2D eigenvalue weighted by atomic mass is 16.5. The summed E-state index contributed by atoms with van der Waals surface area (Å²) in [5.41, 5.74) is 6.23. The number of ether oxygens (including phenoxy) is 1. The summed E-state index contributed by atoms with van der Waals surface area (Å²) >= 11 is 0. The molecule has 0 aliphatic rings. The summed E-state index contributed by atoms with van der Waals surface area (Å²) in [7, 11) is 0. The van der Waals surface area contributed by atoms with E-state index < -0.39 is 0 Å². The van der Waals surface area contributed by atoms with E-state index in [1.807, 2.05) is 0 Å². The number of nitrogens with two attached hydrogens (primary N) is 1. The van der Waals surface area contributed by atoms with Gasteiger partial charge in [0, 0.05) is 11.8 Å². The fourth-order valence-electron chi connectivity index (χ4n) is 1.39. The molecule has 0 radical (unpaired) electrons. The fraction of sp³-hybridized carbons (Fsp3) is 0.273. The maximum Gasteiger partial charge on any atom is 0.223 e. The van der Waals surface area contributed by atoms with E-state index in [1.165, 1.54) is 0 Å². The van der Waals surface area contributed by atoms with Crippen molar-refractivity contribution in [3.8, 4) is 5.75 Å². The molecule has 0 saturated heterocycles. The Bertz CT molecular complexity index is 528. The Kier molecular flexibility index (Phi) is 4.27. The second-order valence-corrected chi connectivity index (χ2v) is 3.78. The minimum Gasteiger partial charge on any atom is -0.493 e. The monoisotopic (exact) mass is 262 g/mol. The molecule has 1 aromatic heterocycles. The van der Waals surface area contributed by atoms with Gasteiger partial charge in [0.1, 0.15) is 5.75 Å². The standard InChI is InChI=1S/C11H14N6O2/c12-8-2-1-3-9(6-8)19-5-4-11(18)13-7-10-14-16-17-15-10/h1-3,6H,4-5,7,12H2,(H,13,18)(H,14,15,16,17). The van der Waals surface area contributed by atoms with Crippen molar-refractivity contribution >= 4 is 11.6 Å². The van der Waals surface area contributed by atoms with E-state index in [2.05, 4.69) is 25.9 Å². The predicted octanol–water partition coefficient (Wildman–Crippen LogP) is -0.133. The largest absolute Gasteiger partial charge is 0.493 e. The molecule has 0 aliphatic heterocycles. The van der Waals surface area contributed by atoms with Crippen LogP contribution in [0.2, 0.25) is 0 Å². The van der Waals surface area contributed by atoms with Crippen LogP contribution in [0.15, 0.2) is 24.3 Å². The highest BCUT2D eigenvalue weighted by molar-refractivity contribution is 5.75. The van der Waals surface area contributed by atoms with Crippen molar-refractivity contribution in [2.45, 2.75) is 13.0 Å². The van der Waals surface area contributed by atoms with Crippen molar-refractivity contribution in [3.05, 3.63) is 30.1 Å². The highest BCUT2D eigenvalue weighted by Crippen LogP contribution is 2.14. The van der Waals surface area contributed by atoms with Crippen LogP contribution in [0.5, 0.6) is 5.75 Å². The Morgan fingerprint density at radius 1 is 1.47 bits per heavy atom. The third kappa shape index (κ3) is 4.26. The van der Waals surface area contributed by atoms with E-state index in [0.717, 1.165) is 0 Å². The summed E-state index contributed by atoms with van der Waals surface area (Å²) < 4.78 is 5.40. The molecule has 0 bridgehead atoms. The molecule has 2 rings (SSSR count). The van der Waals surface area contributed by atoms with Crippen LogP contribution in [0, 0.1) is 0 Å². The Morgan fingerprint density at radius 3 is 3.11 bits per heavy atom. The van der Waals surface area contributed by atoms with Gasteiger partial charge in [-0.05, 0) is 12.1 Å². The van der Waals surface area contributed by atoms with Crippen LogP contribution in [0.1, 0.15) is 12.2 Å². The number of rotatable bonds is 6. The molecular weight excluding hydrogens is 248 g/mol. The predicted molar refractivity (Wildman–Crippen MR) is 67.0 cm³/mol. The van der Waals surface area contributed by atoms with Crippen LogP contribution in [-0.4, -0.2) is 33.1 Å². The third-order valence-corrected chi connectivity index (χ3v) is 2.29. The van der Waals surface area contributed by atoms with Gasteiger partial charge in [0.2, 0.25) is 5.91 Å². The van der Waals surface area contributed by atoms with Crippen LogP contribution in [0.25, 0.3) is 0 Å². The lowest BCUT2D eigenvalue weighted by Gasteiger charge is -2.06. The van der Waals surface area contributed by atoms with Crippen molar-refractivity contribution in [2.75, 3.05) is 12.3 Å². The first-order valence-corrected chi connectivity index (χ1v) is 5.71. The Labute approximate surface area is 109 Å². The Balaban J connectivity index is 1.66. The smallest absolute Gasteiger partial charge is 0.223 e. The number of nitrogens with zero attached hydrogens (tertiary/aromatic N) is 3. The molecule has 0 aliphatic carbocycles. The molecule has 1 aromatic carbocycles. The van der Waals surface area contributed by atoms with Crippen LogP contribution in [-0.2, 0) is 11.3 Å². The van der Waals surface area contributed by atoms with Gasteiger partial charge in [0.25, 0.3) is 0 Å². The van der Waals surface area contributed by atoms with Crippen molar-refractivity contribution < 1.29 is 9.53 Å². The lowest BCUT2D eigenvalue weighted by Crippen LogP contribution is -2.25. The number of H-pyrrole nitrogens is 1. The van der Waals surface area contributed by atoms with Crippen molar-refractivity contribution in [3.63, 3.8) is 0 Å². The van der Waals surface area contributed by atoms with E-state index in [0.29, 0.717) is 17.3 Å². The maximum atomic E-state index is 11.5. The zero-order valence-corrected chi connectivity index (χ0v) is 10.2. The van der Waals surface area contributed by atoms with Gasteiger partial charge in [0.05, 0.1) is 19.6 Å². The first kappa shape index (κ1) is 12.8. The number of nitrogen functional groups attached to an aromatic ring is 1. The summed E-state index contributed by atoms with van der Waals surface area (Å²) in [4.78, 5) is 11.5. The Hall–Kier alpha value is -2.64. The third-order valence-electron chi connectivity index (χ3n) is 2.29. The number of hydrogen-bond acceptors (Lipinski definition) is 6. The minimum atomic E-state index is -0.145. The van der Waals surface area contributed by atoms with Gasteiger partial charge in [-0.3, -0.25) is 4.79 Å². The first-order chi connectivity index (χ1) is 9.24. The van der Waals surface area contributed by atoms with Crippen LogP contribution in [0.4, 0.5) is 5.69 Å². The lowest BCUT2D eigenvalue weighted by molar-refractivity contribution is -0.121. The molecule has 1 heterocycles. The summed E-state index contributed by atoms with van der Waals surface area (Å²) in [6.07, 6.45) is 0.243. The van der Waals surface area contributed by atoms with Gasteiger partial charge >= 0.3 is 0 Å². The van der Waals surface area contributed by atoms with E-state index in [4.69, 9.17) is 10.5 Å². The van der Waals surface area contributed by atoms with Gasteiger partial charge in [-0.2, -0.15) is 5.21 Å². The number of aromatic amines is 1. The molecule has 2 aromatic rings. The first-order valence-electron chi connectivity index (χ1n) is 5.71. The van der Waals surface area contributed by atoms with Gasteiger partial charge in [-0.25, -0.2) is 0 Å². The quantitative estimate of drug-likeness (QED) is 0.624. The molecule has 19 heavy (non-hydrogen) atoms.